The molecule has 7 nitrogen and oxygen atoms in total. The lowest BCUT2D eigenvalue weighted by molar-refractivity contribution is -0.123. The first kappa shape index (κ1) is 18.3. The van der Waals surface area contributed by atoms with Crippen molar-refractivity contribution in [3.63, 3.8) is 0 Å². The van der Waals surface area contributed by atoms with E-state index in [-0.39, 0.29) is 19.1 Å². The van der Waals surface area contributed by atoms with Crippen molar-refractivity contribution in [2.24, 2.45) is 0 Å². The summed E-state index contributed by atoms with van der Waals surface area (Å²) in [4.78, 5) is 11.9. The van der Waals surface area contributed by atoms with Crippen LogP contribution >= 0.6 is 0 Å². The Bertz CT molecular complexity index is 892. The molecule has 0 radical (unpaired) electrons. The number of nitrogens with one attached hydrogen (secondary N) is 1. The zero-order valence-electron chi connectivity index (χ0n) is 15.1. The van der Waals surface area contributed by atoms with Gasteiger partial charge >= 0.3 is 0 Å². The number of aromatic nitrogens is 1. The molecule has 0 aliphatic rings. The summed E-state index contributed by atoms with van der Waals surface area (Å²) in [6, 6.07) is 16.4. The Kier molecular flexibility index (Phi) is 5.94. The van der Waals surface area contributed by atoms with Crippen LogP contribution in [0.2, 0.25) is 0 Å². The number of para-hydroxylation sites is 1. The van der Waals surface area contributed by atoms with Crippen molar-refractivity contribution >= 4 is 5.91 Å². The van der Waals surface area contributed by atoms with Gasteiger partial charge in [0.2, 0.25) is 0 Å². The van der Waals surface area contributed by atoms with Crippen LogP contribution in [-0.2, 0) is 11.3 Å². The van der Waals surface area contributed by atoms with Gasteiger partial charge in [-0.15, -0.1) is 0 Å². The van der Waals surface area contributed by atoms with E-state index >= 15 is 0 Å². The van der Waals surface area contributed by atoms with Crippen LogP contribution in [0, 0.1) is 0 Å². The highest BCUT2D eigenvalue weighted by Gasteiger charge is 2.12. The van der Waals surface area contributed by atoms with E-state index in [1.807, 2.05) is 24.3 Å². The van der Waals surface area contributed by atoms with E-state index in [9.17, 15) is 4.79 Å². The smallest absolute Gasteiger partial charge is 0.258 e. The average Bonchev–Trinajstić information content (AvgIpc) is 3.20. The van der Waals surface area contributed by atoms with E-state index < -0.39 is 0 Å². The van der Waals surface area contributed by atoms with Crippen molar-refractivity contribution in [3.8, 4) is 28.6 Å². The van der Waals surface area contributed by atoms with Crippen LogP contribution in [0.3, 0.4) is 0 Å². The van der Waals surface area contributed by atoms with Crippen molar-refractivity contribution in [1.82, 2.24) is 10.5 Å². The Labute approximate surface area is 156 Å². The van der Waals surface area contributed by atoms with Crippen molar-refractivity contribution in [2.75, 3.05) is 20.8 Å². The van der Waals surface area contributed by atoms with Gasteiger partial charge in [-0.05, 0) is 30.3 Å². The van der Waals surface area contributed by atoms with E-state index in [1.54, 1.807) is 44.6 Å². The molecule has 140 valence electrons. The number of carbonyl (C=O) groups excluding carboxylic acids is 1. The van der Waals surface area contributed by atoms with Gasteiger partial charge in [0.25, 0.3) is 5.91 Å². The molecule has 1 aromatic heterocycles. The third-order valence-corrected chi connectivity index (χ3v) is 3.81. The predicted octanol–water partition coefficient (Wildman–Crippen LogP) is 3.05. The molecule has 0 unspecified atom stereocenters. The standard InChI is InChI=1S/C20H20N2O5/c1-24-17-9-8-14(10-19(17)25-2)18-11-15(22-27-18)12-21-20(23)13-26-16-6-4-3-5-7-16/h3-11H,12-13H2,1-2H3,(H,21,23). The maximum Gasteiger partial charge on any atom is 0.258 e. The zero-order chi connectivity index (χ0) is 19.1. The Morgan fingerprint density at radius 3 is 2.56 bits per heavy atom. The van der Waals surface area contributed by atoms with Crippen LogP contribution in [0.1, 0.15) is 5.69 Å². The minimum absolute atomic E-state index is 0.0651. The molecule has 0 atom stereocenters. The Hall–Kier alpha value is -3.48. The maximum absolute atomic E-state index is 11.9. The molecule has 1 amide bonds. The van der Waals surface area contributed by atoms with Gasteiger partial charge in [-0.2, -0.15) is 0 Å². The normalized spacial score (nSPS) is 10.3. The van der Waals surface area contributed by atoms with Crippen LogP contribution in [0.5, 0.6) is 17.2 Å². The molecule has 3 aromatic rings. The van der Waals surface area contributed by atoms with E-state index in [0.29, 0.717) is 28.7 Å². The highest BCUT2D eigenvalue weighted by molar-refractivity contribution is 5.77. The summed E-state index contributed by atoms with van der Waals surface area (Å²) in [7, 11) is 3.15. The van der Waals surface area contributed by atoms with Crippen LogP contribution in [0.4, 0.5) is 0 Å². The third kappa shape index (κ3) is 4.78. The number of ether oxygens (including phenoxy) is 3. The third-order valence-electron chi connectivity index (χ3n) is 3.81. The first-order valence-corrected chi connectivity index (χ1v) is 8.32. The van der Waals surface area contributed by atoms with Gasteiger partial charge in [0, 0.05) is 11.6 Å². The molecule has 0 saturated heterocycles. The number of hydrogen-bond acceptors (Lipinski definition) is 6. The van der Waals surface area contributed by atoms with Crippen LogP contribution in [0.15, 0.2) is 59.1 Å². The van der Waals surface area contributed by atoms with Gasteiger partial charge in [0.15, 0.2) is 23.9 Å². The minimum Gasteiger partial charge on any atom is -0.493 e. The summed E-state index contributed by atoms with van der Waals surface area (Å²) in [5.41, 5.74) is 1.40. The molecule has 1 heterocycles. The second-order valence-corrected chi connectivity index (χ2v) is 5.63. The Balaban J connectivity index is 1.55. The number of rotatable bonds is 8. The largest absolute Gasteiger partial charge is 0.493 e. The molecule has 0 spiro atoms. The van der Waals surface area contributed by atoms with Crippen molar-refractivity contribution in [3.05, 3.63) is 60.3 Å². The summed E-state index contributed by atoms with van der Waals surface area (Å²) >= 11 is 0. The molecular formula is C20H20N2O5. The first-order valence-electron chi connectivity index (χ1n) is 8.32. The predicted molar refractivity (Wildman–Crippen MR) is 98.8 cm³/mol. The van der Waals surface area contributed by atoms with Gasteiger partial charge < -0.3 is 24.1 Å². The fourth-order valence-corrected chi connectivity index (χ4v) is 2.43. The van der Waals surface area contributed by atoms with Crippen LogP contribution in [-0.4, -0.2) is 31.9 Å². The van der Waals surface area contributed by atoms with E-state index in [1.165, 1.54) is 0 Å². The quantitative estimate of drug-likeness (QED) is 0.658. The number of nitrogens with zero attached hydrogens (tertiary/aromatic N) is 1. The van der Waals surface area contributed by atoms with Gasteiger partial charge in [0.1, 0.15) is 11.4 Å². The first-order chi connectivity index (χ1) is 13.2. The topological polar surface area (TPSA) is 82.8 Å². The number of amides is 1. The molecule has 1 N–H and O–H groups in total. The molecule has 0 saturated carbocycles. The monoisotopic (exact) mass is 368 g/mol. The number of benzene rings is 2. The SMILES string of the molecule is COc1ccc(-c2cc(CNC(=O)COc3ccccc3)no2)cc1OC. The van der Waals surface area contributed by atoms with Crippen LogP contribution < -0.4 is 19.5 Å². The van der Waals surface area contributed by atoms with E-state index in [0.717, 1.165) is 5.56 Å². The maximum atomic E-state index is 11.9. The zero-order valence-corrected chi connectivity index (χ0v) is 15.1. The number of hydrogen-bond donors (Lipinski definition) is 1. The summed E-state index contributed by atoms with van der Waals surface area (Å²) in [6.45, 7) is 0.179. The Morgan fingerprint density at radius 1 is 1.04 bits per heavy atom. The molecule has 0 bridgehead atoms. The highest BCUT2D eigenvalue weighted by atomic mass is 16.5. The lowest BCUT2D eigenvalue weighted by Crippen LogP contribution is -2.28. The minimum atomic E-state index is -0.241. The number of carbonyl (C=O) groups is 1. The lowest BCUT2D eigenvalue weighted by atomic mass is 10.1. The van der Waals surface area contributed by atoms with Gasteiger partial charge in [-0.1, -0.05) is 23.4 Å². The molecule has 0 fully saturated rings. The summed E-state index contributed by atoms with van der Waals surface area (Å²) in [6.07, 6.45) is 0. The molecule has 0 aliphatic carbocycles. The van der Waals surface area contributed by atoms with Crippen molar-refractivity contribution < 1.29 is 23.5 Å². The highest BCUT2D eigenvalue weighted by Crippen LogP contribution is 2.32. The van der Waals surface area contributed by atoms with E-state index in [2.05, 4.69) is 10.5 Å². The molecule has 2 aromatic carbocycles. The summed E-state index contributed by atoms with van der Waals surface area (Å²) < 4.78 is 21.3. The molecule has 27 heavy (non-hydrogen) atoms. The Morgan fingerprint density at radius 2 is 1.81 bits per heavy atom. The van der Waals surface area contributed by atoms with Crippen LogP contribution in [0.25, 0.3) is 11.3 Å². The van der Waals surface area contributed by atoms with Crippen molar-refractivity contribution in [2.45, 2.75) is 6.54 Å². The average molecular weight is 368 g/mol. The molecule has 7 heteroatoms. The molecular weight excluding hydrogens is 348 g/mol. The van der Waals surface area contributed by atoms with Gasteiger partial charge in [-0.25, -0.2) is 0 Å². The second-order valence-electron chi connectivity index (χ2n) is 5.63. The molecule has 3 rings (SSSR count). The summed E-state index contributed by atoms with van der Waals surface area (Å²) in [5, 5.41) is 6.72. The fourth-order valence-electron chi connectivity index (χ4n) is 2.43. The molecule has 0 aliphatic heterocycles. The van der Waals surface area contributed by atoms with Gasteiger partial charge in [0.05, 0.1) is 20.8 Å². The second kappa shape index (κ2) is 8.75. The van der Waals surface area contributed by atoms with Crippen molar-refractivity contribution in [1.29, 1.82) is 0 Å². The fraction of sp³-hybridized carbons (Fsp3) is 0.200. The lowest BCUT2D eigenvalue weighted by Gasteiger charge is -2.07. The van der Waals surface area contributed by atoms with Gasteiger partial charge in [-0.3, -0.25) is 4.79 Å². The summed E-state index contributed by atoms with van der Waals surface area (Å²) in [5.74, 6) is 2.20. The number of methoxy groups -OCH3 is 2. The van der Waals surface area contributed by atoms with E-state index in [4.69, 9.17) is 18.7 Å².